The van der Waals surface area contributed by atoms with Crippen LogP contribution in [0.15, 0.2) is 5.38 Å². The van der Waals surface area contributed by atoms with E-state index in [1.165, 1.54) is 12.5 Å². The van der Waals surface area contributed by atoms with E-state index < -0.39 is 28.4 Å². The molecule has 1 aromatic heterocycles. The number of nitrogens with zero attached hydrogens (tertiary/aromatic N) is 1. The molecule has 0 spiro atoms. The minimum Gasteiger partial charge on any atom is -0.469 e. The largest absolute Gasteiger partial charge is 0.469 e. The molecule has 2 N–H and O–H groups in total. The van der Waals surface area contributed by atoms with Crippen LogP contribution in [0.2, 0.25) is 0 Å². The monoisotopic (exact) mass is 337 g/mol. The van der Waals surface area contributed by atoms with Crippen molar-refractivity contribution in [2.45, 2.75) is 26.4 Å². The molecular weight excluding hydrogens is 322 g/mol. The fourth-order valence-electron chi connectivity index (χ4n) is 1.14. The average molecular weight is 337 g/mol. The number of carbonyl (C=O) groups excluding carboxylic acids is 2. The Kier molecular flexibility index (Phi) is 5.90. The van der Waals surface area contributed by atoms with E-state index in [9.17, 15) is 18.0 Å². The molecule has 0 atom stereocenters. The maximum absolute atomic E-state index is 11.6. The van der Waals surface area contributed by atoms with Crippen molar-refractivity contribution in [1.29, 1.82) is 0 Å². The molecule has 0 aliphatic rings. The van der Waals surface area contributed by atoms with Gasteiger partial charge in [-0.2, -0.15) is 8.42 Å². The number of hydrogen-bond donors (Lipinski definition) is 2. The molecule has 0 saturated heterocycles. The number of aromatic nitrogens is 1. The van der Waals surface area contributed by atoms with Gasteiger partial charge in [0.05, 0.1) is 25.3 Å². The number of esters is 1. The fraction of sp³-hybridized carbons (Fsp3) is 0.500. The first-order chi connectivity index (χ1) is 9.71. The molecule has 0 bridgehead atoms. The van der Waals surface area contributed by atoms with Gasteiger partial charge in [0.15, 0.2) is 5.13 Å². The Bertz CT molecular complexity index is 610. The van der Waals surface area contributed by atoms with Crippen molar-refractivity contribution in [2.24, 2.45) is 0 Å². The zero-order chi connectivity index (χ0) is 16.0. The van der Waals surface area contributed by atoms with Gasteiger partial charge in [-0.05, 0) is 13.8 Å². The lowest BCUT2D eigenvalue weighted by Gasteiger charge is -2.09. The minimum absolute atomic E-state index is 0.0127. The lowest BCUT2D eigenvalue weighted by molar-refractivity contribution is -0.139. The van der Waals surface area contributed by atoms with Crippen molar-refractivity contribution >= 4 is 38.7 Å². The number of thiazole rings is 1. The average Bonchev–Trinajstić information content (AvgIpc) is 2.73. The van der Waals surface area contributed by atoms with E-state index in [-0.39, 0.29) is 11.6 Å². The Labute approximate surface area is 125 Å². The number of ether oxygens (including phenoxy) is 2. The smallest absolute Gasteiger partial charge is 0.422 e. The zero-order valence-electron chi connectivity index (χ0n) is 11.6. The number of rotatable bonds is 6. The summed E-state index contributed by atoms with van der Waals surface area (Å²) < 4.78 is 36.1. The van der Waals surface area contributed by atoms with E-state index in [1.54, 1.807) is 18.6 Å². The van der Waals surface area contributed by atoms with E-state index in [0.717, 1.165) is 11.3 Å². The predicted octanol–water partition coefficient (Wildman–Crippen LogP) is 0.650. The van der Waals surface area contributed by atoms with Gasteiger partial charge in [-0.15, -0.1) is 11.3 Å². The van der Waals surface area contributed by atoms with Gasteiger partial charge >= 0.3 is 22.3 Å². The van der Waals surface area contributed by atoms with E-state index in [4.69, 9.17) is 0 Å². The van der Waals surface area contributed by atoms with E-state index in [0.29, 0.717) is 5.69 Å². The Morgan fingerprint density at radius 3 is 2.67 bits per heavy atom. The Morgan fingerprint density at radius 1 is 1.43 bits per heavy atom. The van der Waals surface area contributed by atoms with Crippen molar-refractivity contribution in [2.75, 3.05) is 11.8 Å². The number of anilines is 1. The third-order valence-electron chi connectivity index (χ3n) is 1.89. The van der Waals surface area contributed by atoms with Crippen LogP contribution in [-0.2, 0) is 30.9 Å². The van der Waals surface area contributed by atoms with Crippen LogP contribution in [0.4, 0.5) is 9.93 Å². The molecular formula is C10H15N3O6S2. The summed E-state index contributed by atoms with van der Waals surface area (Å²) >= 11 is 0.969. The summed E-state index contributed by atoms with van der Waals surface area (Å²) in [4.78, 5) is 26.2. The van der Waals surface area contributed by atoms with Gasteiger partial charge < -0.3 is 9.47 Å². The summed E-state index contributed by atoms with van der Waals surface area (Å²) in [6.07, 6.45) is -1.62. The van der Waals surface area contributed by atoms with Crippen molar-refractivity contribution in [1.82, 2.24) is 9.71 Å². The summed E-state index contributed by atoms with van der Waals surface area (Å²) in [7, 11) is -2.90. The normalized spacial score (nSPS) is 11.0. The Morgan fingerprint density at radius 2 is 2.10 bits per heavy atom. The number of amides is 1. The first kappa shape index (κ1) is 17.2. The fourth-order valence-corrected chi connectivity index (χ4v) is 2.81. The molecule has 0 aliphatic heterocycles. The van der Waals surface area contributed by atoms with Crippen molar-refractivity contribution in [3.8, 4) is 0 Å². The molecule has 0 fully saturated rings. The van der Waals surface area contributed by atoms with Crippen LogP contribution in [0.3, 0.4) is 0 Å². The molecule has 0 aliphatic carbocycles. The molecule has 0 aromatic carbocycles. The molecule has 21 heavy (non-hydrogen) atoms. The van der Waals surface area contributed by atoms with Crippen LogP contribution in [-0.4, -0.2) is 38.7 Å². The molecule has 0 saturated carbocycles. The minimum atomic E-state index is -4.14. The van der Waals surface area contributed by atoms with Gasteiger partial charge in [0.2, 0.25) is 0 Å². The summed E-state index contributed by atoms with van der Waals surface area (Å²) in [5, 5.41) is 1.51. The highest BCUT2D eigenvalue weighted by Crippen LogP contribution is 2.17. The van der Waals surface area contributed by atoms with Gasteiger partial charge in [-0.25, -0.2) is 19.2 Å². The van der Waals surface area contributed by atoms with E-state index >= 15 is 0 Å². The quantitative estimate of drug-likeness (QED) is 0.730. The maximum atomic E-state index is 11.6. The Hall–Kier alpha value is -1.88. The topological polar surface area (TPSA) is 124 Å². The summed E-state index contributed by atoms with van der Waals surface area (Å²) in [6.45, 7) is 3.17. The molecule has 1 heterocycles. The number of carbonyl (C=O) groups is 2. The molecule has 1 rings (SSSR count). The molecule has 1 amide bonds. The van der Waals surface area contributed by atoms with Gasteiger partial charge in [0.25, 0.3) is 0 Å². The second-order valence-corrected chi connectivity index (χ2v) is 6.33. The van der Waals surface area contributed by atoms with Gasteiger partial charge in [-0.3, -0.25) is 4.79 Å². The number of hydrogen-bond acceptors (Lipinski definition) is 8. The van der Waals surface area contributed by atoms with Gasteiger partial charge in [0.1, 0.15) is 0 Å². The van der Waals surface area contributed by atoms with E-state index in [1.807, 2.05) is 4.72 Å². The highest BCUT2D eigenvalue weighted by molar-refractivity contribution is 7.91. The zero-order valence-corrected chi connectivity index (χ0v) is 13.2. The van der Waals surface area contributed by atoms with Crippen LogP contribution in [0, 0.1) is 0 Å². The second-order valence-electron chi connectivity index (χ2n) is 4.06. The lowest BCUT2D eigenvalue weighted by Crippen LogP contribution is -2.36. The highest BCUT2D eigenvalue weighted by atomic mass is 32.2. The third-order valence-corrected chi connectivity index (χ3v) is 3.72. The molecule has 9 nitrogen and oxygen atoms in total. The standard InChI is InChI=1S/C10H15N3O6S2/c1-6(2)19-10(15)13-21(16,17)12-9-11-7(5-20-9)4-8(14)18-3/h5-6H,4H2,1-3H3,(H,11,12)(H,13,15). The first-order valence-corrected chi connectivity index (χ1v) is 8.10. The Balaban J connectivity index is 2.63. The predicted molar refractivity (Wildman–Crippen MR) is 75.1 cm³/mol. The van der Waals surface area contributed by atoms with Gasteiger partial charge in [-0.1, -0.05) is 0 Å². The van der Waals surface area contributed by atoms with E-state index in [2.05, 4.69) is 14.5 Å². The number of methoxy groups -OCH3 is 1. The molecule has 0 radical (unpaired) electrons. The third kappa shape index (κ3) is 6.40. The van der Waals surface area contributed by atoms with Crippen molar-refractivity contribution in [3.63, 3.8) is 0 Å². The second kappa shape index (κ2) is 7.22. The first-order valence-electron chi connectivity index (χ1n) is 5.74. The summed E-state index contributed by atoms with van der Waals surface area (Å²) in [6, 6.07) is 0. The van der Waals surface area contributed by atoms with Crippen LogP contribution in [0.25, 0.3) is 0 Å². The maximum Gasteiger partial charge on any atom is 0.422 e. The molecule has 118 valence electrons. The summed E-state index contributed by atoms with van der Waals surface area (Å²) in [5.41, 5.74) is 0.356. The van der Waals surface area contributed by atoms with Crippen LogP contribution in [0.5, 0.6) is 0 Å². The van der Waals surface area contributed by atoms with Crippen LogP contribution in [0.1, 0.15) is 19.5 Å². The van der Waals surface area contributed by atoms with Crippen LogP contribution >= 0.6 is 11.3 Å². The summed E-state index contributed by atoms with van der Waals surface area (Å²) in [5.74, 6) is -0.492. The van der Waals surface area contributed by atoms with Crippen molar-refractivity contribution in [3.05, 3.63) is 11.1 Å². The number of nitrogens with one attached hydrogen (secondary N) is 2. The van der Waals surface area contributed by atoms with Gasteiger partial charge in [0, 0.05) is 5.38 Å². The molecule has 11 heteroatoms. The molecule has 0 unspecified atom stereocenters. The van der Waals surface area contributed by atoms with Crippen LogP contribution < -0.4 is 9.44 Å². The lowest BCUT2D eigenvalue weighted by atomic mass is 10.3. The molecule has 1 aromatic rings. The SMILES string of the molecule is COC(=O)Cc1csc(NS(=O)(=O)NC(=O)OC(C)C)n1. The highest BCUT2D eigenvalue weighted by Gasteiger charge is 2.18. The van der Waals surface area contributed by atoms with Crippen molar-refractivity contribution < 1.29 is 27.5 Å².